The average molecular weight is 372 g/mol. The van der Waals surface area contributed by atoms with Crippen LogP contribution in [-0.2, 0) is 13.5 Å². The van der Waals surface area contributed by atoms with Crippen molar-refractivity contribution in [2.24, 2.45) is 7.05 Å². The van der Waals surface area contributed by atoms with E-state index in [1.54, 1.807) is 18.3 Å². The summed E-state index contributed by atoms with van der Waals surface area (Å²) in [6.07, 6.45) is 3.23. The Balaban J connectivity index is 1.62. The molecule has 0 amide bonds. The number of nitrogens with zero attached hydrogens (tertiary/aromatic N) is 3. The smallest absolute Gasteiger partial charge is 0.208 e. The molecule has 2 heterocycles. The minimum Gasteiger partial charge on any atom is -0.457 e. The largest absolute Gasteiger partial charge is 0.457 e. The molecule has 4 rings (SSSR count). The van der Waals surface area contributed by atoms with Crippen molar-refractivity contribution in [3.05, 3.63) is 72.1 Å². The van der Waals surface area contributed by atoms with Gasteiger partial charge in [0.1, 0.15) is 17.2 Å². The molecular formula is C22H20N4O2. The summed E-state index contributed by atoms with van der Waals surface area (Å²) in [6.45, 7) is 2.14. The number of nitrogens with one attached hydrogen (secondary N) is 1. The first-order valence-electron chi connectivity index (χ1n) is 9.08. The van der Waals surface area contributed by atoms with Gasteiger partial charge < -0.3 is 14.6 Å². The highest BCUT2D eigenvalue weighted by Crippen LogP contribution is 2.28. The third-order valence-electron chi connectivity index (χ3n) is 4.55. The lowest BCUT2D eigenvalue weighted by Gasteiger charge is -2.07. The summed E-state index contributed by atoms with van der Waals surface area (Å²) in [6, 6.07) is 17.3. The maximum atomic E-state index is 10.9. The number of hydrogen-bond acceptors (Lipinski definition) is 5. The number of benzene rings is 2. The van der Waals surface area contributed by atoms with Gasteiger partial charge in [0.2, 0.25) is 5.95 Å². The second-order valence-electron chi connectivity index (χ2n) is 6.46. The van der Waals surface area contributed by atoms with Gasteiger partial charge in [0, 0.05) is 31.1 Å². The molecule has 140 valence electrons. The number of pyridine rings is 1. The topological polar surface area (TPSA) is 69.0 Å². The highest BCUT2D eigenvalue weighted by molar-refractivity contribution is 5.81. The third kappa shape index (κ3) is 3.57. The molecule has 0 spiro atoms. The highest BCUT2D eigenvalue weighted by Gasteiger charge is 2.10. The van der Waals surface area contributed by atoms with Crippen LogP contribution >= 0.6 is 0 Å². The minimum atomic E-state index is 0.331. The Morgan fingerprint density at radius 2 is 1.96 bits per heavy atom. The zero-order chi connectivity index (χ0) is 19.5. The van der Waals surface area contributed by atoms with Gasteiger partial charge in [-0.2, -0.15) is 0 Å². The summed E-state index contributed by atoms with van der Waals surface area (Å²) in [7, 11) is 1.97. The summed E-state index contributed by atoms with van der Waals surface area (Å²) >= 11 is 0. The molecule has 0 aliphatic rings. The van der Waals surface area contributed by atoms with Gasteiger partial charge in [0.15, 0.2) is 6.29 Å². The lowest BCUT2D eigenvalue weighted by Crippen LogP contribution is -1.99. The Kier molecular flexibility index (Phi) is 4.76. The number of anilines is 2. The summed E-state index contributed by atoms with van der Waals surface area (Å²) < 4.78 is 7.87. The lowest BCUT2D eigenvalue weighted by molar-refractivity contribution is 0.111. The van der Waals surface area contributed by atoms with Crippen LogP contribution in [0.1, 0.15) is 23.0 Å². The van der Waals surface area contributed by atoms with Gasteiger partial charge in [0.25, 0.3) is 0 Å². The van der Waals surface area contributed by atoms with Crippen LogP contribution in [0.2, 0.25) is 0 Å². The molecule has 2 aromatic carbocycles. The number of rotatable bonds is 6. The zero-order valence-corrected chi connectivity index (χ0v) is 15.7. The maximum Gasteiger partial charge on any atom is 0.208 e. The number of hydrogen-bond donors (Lipinski definition) is 1. The molecule has 6 heteroatoms. The van der Waals surface area contributed by atoms with Crippen molar-refractivity contribution >= 4 is 29.0 Å². The minimum absolute atomic E-state index is 0.331. The van der Waals surface area contributed by atoms with Gasteiger partial charge >= 0.3 is 0 Å². The normalized spacial score (nSPS) is 10.8. The molecule has 1 N–H and O–H groups in total. The van der Waals surface area contributed by atoms with E-state index in [-0.39, 0.29) is 0 Å². The van der Waals surface area contributed by atoms with Gasteiger partial charge in [-0.15, -0.1) is 0 Å². The van der Waals surface area contributed by atoms with Crippen LogP contribution in [-0.4, -0.2) is 20.8 Å². The SMILES string of the molecule is CCc1cccc(Nc2nc3cc(Oc4ccnc(C=O)c4)ccc3n2C)c1. The Hall–Kier alpha value is -3.67. The molecule has 0 unspecified atom stereocenters. The number of aryl methyl sites for hydroxylation is 2. The molecule has 0 radical (unpaired) electrons. The van der Waals surface area contributed by atoms with Gasteiger partial charge in [-0.1, -0.05) is 19.1 Å². The van der Waals surface area contributed by atoms with Gasteiger partial charge in [0.05, 0.1) is 11.0 Å². The average Bonchev–Trinajstić information content (AvgIpc) is 3.03. The summed E-state index contributed by atoms with van der Waals surface area (Å²) in [5.41, 5.74) is 4.42. The Morgan fingerprint density at radius 1 is 1.11 bits per heavy atom. The van der Waals surface area contributed by atoms with Crippen molar-refractivity contribution < 1.29 is 9.53 Å². The number of fused-ring (bicyclic) bond motifs is 1. The van der Waals surface area contributed by atoms with Crippen LogP contribution in [0.3, 0.4) is 0 Å². The van der Waals surface area contributed by atoms with Crippen LogP contribution in [0.25, 0.3) is 11.0 Å². The molecule has 0 saturated heterocycles. The molecule has 6 nitrogen and oxygen atoms in total. The molecule has 4 aromatic rings. The van der Waals surface area contributed by atoms with E-state index in [1.165, 1.54) is 5.56 Å². The number of imidazole rings is 1. The van der Waals surface area contributed by atoms with E-state index in [9.17, 15) is 4.79 Å². The van der Waals surface area contributed by atoms with E-state index in [1.807, 2.05) is 41.9 Å². The summed E-state index contributed by atoms with van der Waals surface area (Å²) in [5.74, 6) is 1.96. The standard InChI is InChI=1S/C22H20N4O2/c1-3-15-5-4-6-16(11-15)24-22-25-20-13-18(7-8-21(20)26(22)2)28-19-9-10-23-17(12-19)14-27/h4-14H,3H2,1-2H3,(H,24,25). The summed E-state index contributed by atoms with van der Waals surface area (Å²) in [5, 5.41) is 3.38. The second-order valence-corrected chi connectivity index (χ2v) is 6.46. The quantitative estimate of drug-likeness (QED) is 0.489. The Morgan fingerprint density at radius 3 is 2.79 bits per heavy atom. The number of aromatic nitrogens is 3. The Labute approximate surface area is 162 Å². The van der Waals surface area contributed by atoms with E-state index >= 15 is 0 Å². The van der Waals surface area contributed by atoms with Crippen molar-refractivity contribution in [3.63, 3.8) is 0 Å². The van der Waals surface area contributed by atoms with Crippen molar-refractivity contribution in [2.75, 3.05) is 5.32 Å². The molecule has 2 aromatic heterocycles. The fourth-order valence-corrected chi connectivity index (χ4v) is 3.04. The zero-order valence-electron chi connectivity index (χ0n) is 15.7. The van der Waals surface area contributed by atoms with Crippen molar-refractivity contribution in [1.29, 1.82) is 0 Å². The van der Waals surface area contributed by atoms with Crippen LogP contribution in [0.15, 0.2) is 60.8 Å². The van der Waals surface area contributed by atoms with Crippen LogP contribution < -0.4 is 10.1 Å². The van der Waals surface area contributed by atoms with Crippen molar-refractivity contribution in [2.45, 2.75) is 13.3 Å². The first-order chi connectivity index (χ1) is 13.7. The molecule has 0 atom stereocenters. The number of carbonyl (C=O) groups is 1. The third-order valence-corrected chi connectivity index (χ3v) is 4.55. The molecular weight excluding hydrogens is 352 g/mol. The number of carbonyl (C=O) groups excluding carboxylic acids is 1. The van der Waals surface area contributed by atoms with Crippen LogP contribution in [0, 0.1) is 0 Å². The Bertz CT molecular complexity index is 1150. The predicted molar refractivity (Wildman–Crippen MR) is 110 cm³/mol. The molecule has 0 saturated carbocycles. The monoisotopic (exact) mass is 372 g/mol. The molecule has 0 fully saturated rings. The van der Waals surface area contributed by atoms with Crippen molar-refractivity contribution in [1.82, 2.24) is 14.5 Å². The summed E-state index contributed by atoms with van der Waals surface area (Å²) in [4.78, 5) is 19.5. The molecule has 28 heavy (non-hydrogen) atoms. The van der Waals surface area contributed by atoms with E-state index < -0.39 is 0 Å². The van der Waals surface area contributed by atoms with Crippen molar-refractivity contribution in [3.8, 4) is 11.5 Å². The molecule has 0 bridgehead atoms. The number of aldehydes is 1. The fourth-order valence-electron chi connectivity index (χ4n) is 3.04. The first kappa shape index (κ1) is 17.7. The van der Waals surface area contributed by atoms with E-state index in [0.717, 1.165) is 29.1 Å². The van der Waals surface area contributed by atoms with Gasteiger partial charge in [-0.3, -0.25) is 9.78 Å². The maximum absolute atomic E-state index is 10.9. The van der Waals surface area contributed by atoms with Gasteiger partial charge in [-0.25, -0.2) is 4.98 Å². The van der Waals surface area contributed by atoms with Crippen LogP contribution in [0.5, 0.6) is 11.5 Å². The first-order valence-corrected chi connectivity index (χ1v) is 9.08. The van der Waals surface area contributed by atoms with Crippen LogP contribution in [0.4, 0.5) is 11.6 Å². The molecule has 0 aliphatic heterocycles. The lowest BCUT2D eigenvalue weighted by atomic mass is 10.1. The van der Waals surface area contributed by atoms with E-state index in [2.05, 4.69) is 29.4 Å². The van der Waals surface area contributed by atoms with Gasteiger partial charge in [-0.05, 0) is 42.3 Å². The second kappa shape index (κ2) is 7.52. The van der Waals surface area contributed by atoms with E-state index in [0.29, 0.717) is 23.5 Å². The number of ether oxygens (including phenoxy) is 1. The highest BCUT2D eigenvalue weighted by atomic mass is 16.5. The molecule has 0 aliphatic carbocycles. The predicted octanol–water partition coefficient (Wildman–Crippen LogP) is 4.88. The van der Waals surface area contributed by atoms with E-state index in [4.69, 9.17) is 9.72 Å². The fraction of sp³-hybridized carbons (Fsp3) is 0.136.